The molecule has 0 amide bonds. The largest absolute Gasteiger partial charge is 0.465 e. The molecule has 0 aromatic rings. The minimum atomic E-state index is -0.842. The summed E-state index contributed by atoms with van der Waals surface area (Å²) in [6, 6.07) is 0. The standard InChI is InChI=1S/C54H104O7/c1-11-14-16-18-20-22-24-26-28-30-32-34-36-38-40-42-49(55)59-45-48(46-60-53(8,9)47(4)54(10,52(5,6)7)51(57)58-44-13-3)61-50(56)43-41-39-37-35-33-31-29-27-25-23-21-19-17-15-12-2/h47-48H,11-46H2,1-10H3. The molecule has 0 saturated carbocycles. The van der Waals surface area contributed by atoms with E-state index in [1.54, 1.807) is 0 Å². The molecule has 0 aliphatic rings. The van der Waals surface area contributed by atoms with Crippen LogP contribution in [0.1, 0.15) is 281 Å². The van der Waals surface area contributed by atoms with E-state index >= 15 is 0 Å². The Bertz CT molecular complexity index is 1050. The maximum atomic E-state index is 13.5. The molecule has 0 aromatic carbocycles. The van der Waals surface area contributed by atoms with Crippen LogP contribution in [0.4, 0.5) is 0 Å². The predicted octanol–water partition coefficient (Wildman–Crippen LogP) is 16.4. The first kappa shape index (κ1) is 59.4. The van der Waals surface area contributed by atoms with E-state index in [4.69, 9.17) is 18.9 Å². The van der Waals surface area contributed by atoms with Gasteiger partial charge in [-0.05, 0) is 45.4 Å². The quantitative estimate of drug-likeness (QED) is 0.0343. The van der Waals surface area contributed by atoms with Crippen molar-refractivity contribution in [2.45, 2.75) is 293 Å². The van der Waals surface area contributed by atoms with Gasteiger partial charge in [0.1, 0.15) is 6.61 Å². The number of unbranched alkanes of at least 4 members (excludes halogenated alkanes) is 28. The third-order valence-corrected chi connectivity index (χ3v) is 13.7. The van der Waals surface area contributed by atoms with Crippen LogP contribution in [-0.2, 0) is 33.3 Å². The van der Waals surface area contributed by atoms with E-state index < -0.39 is 22.5 Å². The molecule has 362 valence electrons. The van der Waals surface area contributed by atoms with Gasteiger partial charge in [0.15, 0.2) is 6.10 Å². The molecular formula is C54H104O7. The zero-order valence-corrected chi connectivity index (χ0v) is 42.5. The van der Waals surface area contributed by atoms with E-state index in [-0.39, 0.29) is 37.0 Å². The SMILES string of the molecule is CCCCCCCCCCCCCCCCCC(=O)OCC(COC(C)(C)C(C)C(C)(C(=O)OCCC)C(C)(C)C)OC(=O)CCCCCCCCCCCCCCCCC. The zero-order valence-electron chi connectivity index (χ0n) is 42.5. The topological polar surface area (TPSA) is 88.1 Å². The van der Waals surface area contributed by atoms with Crippen molar-refractivity contribution in [2.75, 3.05) is 19.8 Å². The highest BCUT2D eigenvalue weighted by Crippen LogP contribution is 2.50. The number of carbonyl (C=O) groups is 3. The molecule has 0 fully saturated rings. The number of ether oxygens (including phenoxy) is 4. The summed E-state index contributed by atoms with van der Waals surface area (Å²) in [6.45, 7) is 21.1. The minimum absolute atomic E-state index is 0.0400. The zero-order chi connectivity index (χ0) is 45.7. The summed E-state index contributed by atoms with van der Waals surface area (Å²) in [5.74, 6) is -1.01. The molecule has 3 atom stereocenters. The molecule has 7 nitrogen and oxygen atoms in total. The van der Waals surface area contributed by atoms with Crippen molar-refractivity contribution in [3.8, 4) is 0 Å². The number of carbonyl (C=O) groups excluding carboxylic acids is 3. The van der Waals surface area contributed by atoms with Gasteiger partial charge in [-0.3, -0.25) is 14.4 Å². The molecule has 3 unspecified atom stereocenters. The highest BCUT2D eigenvalue weighted by atomic mass is 16.6. The van der Waals surface area contributed by atoms with Crippen LogP contribution < -0.4 is 0 Å². The summed E-state index contributed by atoms with van der Waals surface area (Å²) in [5.41, 5.74) is -2.02. The number of rotatable bonds is 43. The molecule has 0 rings (SSSR count). The molecule has 0 aliphatic carbocycles. The summed E-state index contributed by atoms with van der Waals surface area (Å²) >= 11 is 0. The van der Waals surface area contributed by atoms with Crippen LogP contribution in [0.15, 0.2) is 0 Å². The average molecular weight is 865 g/mol. The Morgan fingerprint density at radius 1 is 0.426 bits per heavy atom. The lowest BCUT2D eigenvalue weighted by Gasteiger charge is -2.49. The van der Waals surface area contributed by atoms with Gasteiger partial charge in [-0.15, -0.1) is 0 Å². The van der Waals surface area contributed by atoms with E-state index in [9.17, 15) is 14.4 Å². The second-order valence-corrected chi connectivity index (χ2v) is 20.4. The Balaban J connectivity index is 4.90. The maximum Gasteiger partial charge on any atom is 0.312 e. The van der Waals surface area contributed by atoms with Gasteiger partial charge in [-0.1, -0.05) is 228 Å². The van der Waals surface area contributed by atoms with Gasteiger partial charge in [0.25, 0.3) is 0 Å². The van der Waals surface area contributed by atoms with Gasteiger partial charge >= 0.3 is 17.9 Å². The van der Waals surface area contributed by atoms with E-state index in [2.05, 4.69) is 34.6 Å². The number of esters is 3. The fraction of sp³-hybridized carbons (Fsp3) is 0.944. The second-order valence-electron chi connectivity index (χ2n) is 20.4. The first-order valence-corrected chi connectivity index (χ1v) is 26.3. The molecule has 0 heterocycles. The molecule has 61 heavy (non-hydrogen) atoms. The molecule has 0 N–H and O–H groups in total. The van der Waals surface area contributed by atoms with Crippen LogP contribution in [0.3, 0.4) is 0 Å². The van der Waals surface area contributed by atoms with Gasteiger partial charge in [-0.25, -0.2) is 0 Å². The molecule has 0 aliphatic heterocycles. The monoisotopic (exact) mass is 865 g/mol. The predicted molar refractivity (Wildman–Crippen MR) is 258 cm³/mol. The lowest BCUT2D eigenvalue weighted by molar-refractivity contribution is -0.189. The van der Waals surface area contributed by atoms with Gasteiger partial charge in [0.05, 0.1) is 24.2 Å². The van der Waals surface area contributed by atoms with Crippen LogP contribution in [-0.4, -0.2) is 49.4 Å². The average Bonchev–Trinajstić information content (AvgIpc) is 3.22. The third kappa shape index (κ3) is 30.2. The molecule has 0 saturated heterocycles. The fourth-order valence-corrected chi connectivity index (χ4v) is 8.51. The van der Waals surface area contributed by atoms with Crippen LogP contribution >= 0.6 is 0 Å². The van der Waals surface area contributed by atoms with Gasteiger partial charge in [0, 0.05) is 18.8 Å². The molecule has 0 radical (unpaired) electrons. The Kier molecular flexibility index (Phi) is 36.7. The van der Waals surface area contributed by atoms with E-state index in [1.807, 2.05) is 34.6 Å². The Hall–Kier alpha value is -1.63. The van der Waals surface area contributed by atoms with Crippen LogP contribution in [0.25, 0.3) is 0 Å². The van der Waals surface area contributed by atoms with Crippen molar-refractivity contribution in [3.05, 3.63) is 0 Å². The molecular weight excluding hydrogens is 761 g/mol. The summed E-state index contributed by atoms with van der Waals surface area (Å²) in [4.78, 5) is 39.5. The van der Waals surface area contributed by atoms with Crippen molar-refractivity contribution in [1.29, 1.82) is 0 Å². The summed E-state index contributed by atoms with van der Waals surface area (Å²) in [6.07, 6.45) is 38.9. The van der Waals surface area contributed by atoms with Crippen molar-refractivity contribution in [1.82, 2.24) is 0 Å². The first-order chi connectivity index (χ1) is 29.2. The fourth-order valence-electron chi connectivity index (χ4n) is 8.51. The van der Waals surface area contributed by atoms with Gasteiger partial charge < -0.3 is 18.9 Å². The summed E-state index contributed by atoms with van der Waals surface area (Å²) < 4.78 is 23.9. The normalized spacial score (nSPS) is 14.1. The van der Waals surface area contributed by atoms with Crippen LogP contribution in [0, 0.1) is 16.7 Å². The Morgan fingerprint density at radius 3 is 1.11 bits per heavy atom. The van der Waals surface area contributed by atoms with Crippen molar-refractivity contribution in [2.24, 2.45) is 16.7 Å². The van der Waals surface area contributed by atoms with Crippen molar-refractivity contribution in [3.63, 3.8) is 0 Å². The van der Waals surface area contributed by atoms with Crippen LogP contribution in [0.5, 0.6) is 0 Å². The summed E-state index contributed by atoms with van der Waals surface area (Å²) in [5, 5.41) is 0. The third-order valence-electron chi connectivity index (χ3n) is 13.7. The number of hydrogen-bond donors (Lipinski definition) is 0. The molecule has 7 heteroatoms. The van der Waals surface area contributed by atoms with E-state index in [0.29, 0.717) is 19.4 Å². The summed E-state index contributed by atoms with van der Waals surface area (Å²) in [7, 11) is 0. The second kappa shape index (κ2) is 37.7. The Labute approximate surface area is 379 Å². The van der Waals surface area contributed by atoms with E-state index in [1.165, 1.54) is 154 Å². The maximum absolute atomic E-state index is 13.5. The smallest absolute Gasteiger partial charge is 0.312 e. The highest BCUT2D eigenvalue weighted by molar-refractivity contribution is 5.78. The van der Waals surface area contributed by atoms with Crippen LogP contribution in [0.2, 0.25) is 0 Å². The van der Waals surface area contributed by atoms with E-state index in [0.717, 1.165) is 44.9 Å². The highest BCUT2D eigenvalue weighted by Gasteiger charge is 2.54. The first-order valence-electron chi connectivity index (χ1n) is 26.3. The number of hydrogen-bond acceptors (Lipinski definition) is 7. The van der Waals surface area contributed by atoms with Crippen molar-refractivity contribution < 1.29 is 33.3 Å². The molecule has 0 bridgehead atoms. The van der Waals surface area contributed by atoms with Crippen molar-refractivity contribution >= 4 is 17.9 Å². The minimum Gasteiger partial charge on any atom is -0.465 e. The Morgan fingerprint density at radius 2 is 0.770 bits per heavy atom. The lowest BCUT2D eigenvalue weighted by Crippen LogP contribution is -2.54. The van der Waals surface area contributed by atoms with Gasteiger partial charge in [-0.2, -0.15) is 0 Å². The van der Waals surface area contributed by atoms with Gasteiger partial charge in [0.2, 0.25) is 0 Å². The lowest BCUT2D eigenvalue weighted by atomic mass is 9.57. The molecule has 0 aromatic heterocycles. The molecule has 0 spiro atoms.